The number of carbonyl (C=O) groups is 1. The molecule has 4 heteroatoms. The second kappa shape index (κ2) is 5.66. The van der Waals surface area contributed by atoms with E-state index in [9.17, 15) is 4.79 Å². The first-order chi connectivity index (χ1) is 12.0. The molecule has 0 fully saturated rings. The van der Waals surface area contributed by atoms with Gasteiger partial charge in [-0.25, -0.2) is 0 Å². The summed E-state index contributed by atoms with van der Waals surface area (Å²) in [6.45, 7) is 6.04. The molecule has 3 aromatic carbocycles. The fraction of sp³-hybridized carbons (Fsp3) is 0.286. The number of benzene rings is 3. The average Bonchev–Trinajstić information content (AvgIpc) is 3.04. The van der Waals surface area contributed by atoms with Crippen molar-refractivity contribution >= 4 is 27.5 Å². The third kappa shape index (κ3) is 2.78. The Hall–Kier alpha value is -2.75. The Morgan fingerprint density at radius 3 is 2.20 bits per heavy atom. The number of hydrogen-bond acceptors (Lipinski definition) is 4. The fourth-order valence-corrected chi connectivity index (χ4v) is 2.82. The zero-order valence-corrected chi connectivity index (χ0v) is 14.6. The molecule has 0 aliphatic carbocycles. The third-order valence-corrected chi connectivity index (χ3v) is 4.91. The van der Waals surface area contributed by atoms with E-state index in [4.69, 9.17) is 14.2 Å². The molecule has 4 nitrogen and oxygen atoms in total. The summed E-state index contributed by atoms with van der Waals surface area (Å²) in [6.07, 6.45) is 0.733. The van der Waals surface area contributed by atoms with Gasteiger partial charge in [-0.1, -0.05) is 13.0 Å². The van der Waals surface area contributed by atoms with Gasteiger partial charge in [-0.3, -0.25) is 4.79 Å². The molecule has 0 spiro atoms. The summed E-state index contributed by atoms with van der Waals surface area (Å²) in [6, 6.07) is 13.9. The van der Waals surface area contributed by atoms with Crippen molar-refractivity contribution in [1.29, 1.82) is 0 Å². The van der Waals surface area contributed by atoms with Gasteiger partial charge in [-0.05, 0) is 78.2 Å². The van der Waals surface area contributed by atoms with Crippen LogP contribution in [0, 0.1) is 5.41 Å². The second-order valence-electron chi connectivity index (χ2n) is 7.04. The molecule has 128 valence electrons. The number of ether oxygens (including phenoxy) is 3. The highest BCUT2D eigenvalue weighted by Gasteiger charge is 2.27. The Labute approximate surface area is 146 Å². The summed E-state index contributed by atoms with van der Waals surface area (Å²) in [5.41, 5.74) is -0.490. The lowest BCUT2D eigenvalue weighted by molar-refractivity contribution is -0.144. The van der Waals surface area contributed by atoms with Crippen LogP contribution in [0.3, 0.4) is 0 Å². The van der Waals surface area contributed by atoms with Gasteiger partial charge in [0, 0.05) is 0 Å². The molecule has 0 atom stereocenters. The molecule has 3 aromatic rings. The third-order valence-electron chi connectivity index (χ3n) is 4.91. The molecule has 1 heterocycles. The van der Waals surface area contributed by atoms with Gasteiger partial charge >= 0.3 is 5.97 Å². The molecule has 1 aliphatic rings. The van der Waals surface area contributed by atoms with E-state index in [1.807, 2.05) is 51.1 Å². The van der Waals surface area contributed by atoms with Gasteiger partial charge in [0.25, 0.3) is 0 Å². The van der Waals surface area contributed by atoms with Crippen LogP contribution in [0.4, 0.5) is 0 Å². The quantitative estimate of drug-likeness (QED) is 0.381. The minimum Gasteiger partial charge on any atom is -0.454 e. The zero-order valence-electron chi connectivity index (χ0n) is 14.6. The number of carbonyl (C=O) groups excluding carboxylic acids is 1. The largest absolute Gasteiger partial charge is 0.454 e. The maximum absolute atomic E-state index is 12.3. The molecule has 1 aliphatic heterocycles. The van der Waals surface area contributed by atoms with Crippen molar-refractivity contribution in [3.05, 3.63) is 42.5 Å². The van der Waals surface area contributed by atoms with E-state index < -0.39 is 5.41 Å². The van der Waals surface area contributed by atoms with Gasteiger partial charge in [0.15, 0.2) is 11.5 Å². The fourth-order valence-electron chi connectivity index (χ4n) is 2.82. The molecular weight excluding hydrogens is 316 g/mol. The van der Waals surface area contributed by atoms with Crippen LogP contribution in [0.25, 0.3) is 21.5 Å². The molecule has 25 heavy (non-hydrogen) atoms. The first-order valence-electron chi connectivity index (χ1n) is 8.46. The normalized spacial score (nSPS) is 13.4. The smallest absolute Gasteiger partial charge is 0.316 e. The van der Waals surface area contributed by atoms with Crippen LogP contribution >= 0.6 is 0 Å². The summed E-state index contributed by atoms with van der Waals surface area (Å²) < 4.78 is 16.5. The van der Waals surface area contributed by atoms with Gasteiger partial charge in [-0.15, -0.1) is 0 Å². The number of esters is 1. The Morgan fingerprint density at radius 2 is 1.56 bits per heavy atom. The summed E-state index contributed by atoms with van der Waals surface area (Å²) in [4.78, 5) is 12.3. The summed E-state index contributed by atoms with van der Waals surface area (Å²) in [5, 5.41) is 4.26. The van der Waals surface area contributed by atoms with Gasteiger partial charge in [-0.2, -0.15) is 0 Å². The van der Waals surface area contributed by atoms with Crippen LogP contribution in [0.2, 0.25) is 0 Å². The van der Waals surface area contributed by atoms with Crippen molar-refractivity contribution in [1.82, 2.24) is 0 Å². The molecule has 0 radical (unpaired) electrons. The maximum atomic E-state index is 12.3. The minimum atomic E-state index is -0.490. The molecular formula is C21H20O4. The first kappa shape index (κ1) is 15.8. The molecule has 4 rings (SSSR count). The van der Waals surface area contributed by atoms with E-state index in [0.29, 0.717) is 5.75 Å². The Bertz CT molecular complexity index is 988. The molecule has 0 amide bonds. The summed E-state index contributed by atoms with van der Waals surface area (Å²) in [7, 11) is 0. The summed E-state index contributed by atoms with van der Waals surface area (Å²) >= 11 is 0. The first-order valence-corrected chi connectivity index (χ1v) is 8.46. The van der Waals surface area contributed by atoms with Crippen LogP contribution in [-0.4, -0.2) is 12.8 Å². The number of fused-ring (bicyclic) bond motifs is 3. The van der Waals surface area contributed by atoms with Crippen LogP contribution in [-0.2, 0) is 4.79 Å². The second-order valence-corrected chi connectivity index (χ2v) is 7.04. The number of rotatable bonds is 3. The Balaban J connectivity index is 1.74. The van der Waals surface area contributed by atoms with Crippen molar-refractivity contribution in [3.8, 4) is 17.2 Å². The SMILES string of the molecule is CCC(C)(C)C(=O)Oc1ccc2cc3cc4c(cc3cc2c1)OCO4. The Kier molecular flexibility index (Phi) is 3.57. The predicted molar refractivity (Wildman–Crippen MR) is 97.3 cm³/mol. The highest BCUT2D eigenvalue weighted by molar-refractivity contribution is 6.00. The van der Waals surface area contributed by atoms with E-state index in [1.165, 1.54) is 0 Å². The topological polar surface area (TPSA) is 44.8 Å². The average molecular weight is 336 g/mol. The predicted octanol–water partition coefficient (Wildman–Crippen LogP) is 5.06. The van der Waals surface area contributed by atoms with E-state index in [0.717, 1.165) is 39.5 Å². The number of hydrogen-bond donors (Lipinski definition) is 0. The van der Waals surface area contributed by atoms with Gasteiger partial charge in [0.2, 0.25) is 6.79 Å². The van der Waals surface area contributed by atoms with Crippen LogP contribution < -0.4 is 14.2 Å². The van der Waals surface area contributed by atoms with Crippen molar-refractivity contribution in [2.75, 3.05) is 6.79 Å². The lowest BCUT2D eigenvalue weighted by atomic mass is 9.91. The van der Waals surface area contributed by atoms with E-state index in [-0.39, 0.29) is 12.8 Å². The van der Waals surface area contributed by atoms with Crippen molar-refractivity contribution in [3.63, 3.8) is 0 Å². The highest BCUT2D eigenvalue weighted by atomic mass is 16.7. The monoisotopic (exact) mass is 336 g/mol. The minimum absolute atomic E-state index is 0.210. The van der Waals surface area contributed by atoms with Gasteiger partial charge in [0.05, 0.1) is 5.41 Å². The molecule has 0 saturated heterocycles. The van der Waals surface area contributed by atoms with Crippen LogP contribution in [0.15, 0.2) is 42.5 Å². The zero-order chi connectivity index (χ0) is 17.6. The molecule has 0 N–H and O–H groups in total. The van der Waals surface area contributed by atoms with Crippen molar-refractivity contribution < 1.29 is 19.0 Å². The molecule has 0 bridgehead atoms. The van der Waals surface area contributed by atoms with Crippen LogP contribution in [0.1, 0.15) is 27.2 Å². The molecule has 0 aromatic heterocycles. The standard InChI is InChI=1S/C21H20O4/c1-4-21(2,3)20(22)25-17-6-5-13-7-15-10-18-19(24-12-23-18)11-16(15)8-14(13)9-17/h5-11H,4,12H2,1-3H3. The van der Waals surface area contributed by atoms with Crippen molar-refractivity contribution in [2.45, 2.75) is 27.2 Å². The van der Waals surface area contributed by atoms with Gasteiger partial charge in [0.1, 0.15) is 5.75 Å². The van der Waals surface area contributed by atoms with Crippen molar-refractivity contribution in [2.24, 2.45) is 5.41 Å². The highest BCUT2D eigenvalue weighted by Crippen LogP contribution is 2.38. The lowest BCUT2D eigenvalue weighted by Gasteiger charge is -2.20. The maximum Gasteiger partial charge on any atom is 0.316 e. The lowest BCUT2D eigenvalue weighted by Crippen LogP contribution is -2.28. The van der Waals surface area contributed by atoms with E-state index in [1.54, 1.807) is 0 Å². The van der Waals surface area contributed by atoms with Gasteiger partial charge < -0.3 is 14.2 Å². The Morgan fingerprint density at radius 1 is 0.960 bits per heavy atom. The summed E-state index contributed by atoms with van der Waals surface area (Å²) in [5.74, 6) is 1.90. The van der Waals surface area contributed by atoms with E-state index in [2.05, 4.69) is 12.1 Å². The van der Waals surface area contributed by atoms with Crippen LogP contribution in [0.5, 0.6) is 17.2 Å². The molecule has 0 saturated carbocycles. The van der Waals surface area contributed by atoms with E-state index >= 15 is 0 Å². The molecule has 0 unspecified atom stereocenters.